The number of primary sulfonamides is 1. The van der Waals surface area contributed by atoms with Gasteiger partial charge in [0.05, 0.1) is 5.69 Å². The van der Waals surface area contributed by atoms with E-state index in [1.54, 1.807) is 18.2 Å². The summed E-state index contributed by atoms with van der Waals surface area (Å²) in [6, 6.07) is 6.76. The summed E-state index contributed by atoms with van der Waals surface area (Å²) < 4.78 is 22.9. The predicted octanol–water partition coefficient (Wildman–Crippen LogP) is 1.14. The molecule has 0 bridgehead atoms. The Morgan fingerprint density at radius 2 is 2.16 bits per heavy atom. The Balaban J connectivity index is 1.92. The zero-order chi connectivity index (χ0) is 13.7. The fourth-order valence-corrected chi connectivity index (χ4v) is 3.16. The van der Waals surface area contributed by atoms with Crippen molar-refractivity contribution in [1.29, 1.82) is 0 Å². The quantitative estimate of drug-likeness (QED) is 0.756. The Hall–Kier alpha value is -1.11. The Morgan fingerprint density at radius 1 is 1.37 bits per heavy atom. The minimum atomic E-state index is -3.66. The van der Waals surface area contributed by atoms with Gasteiger partial charge in [-0.15, -0.1) is 0 Å². The average molecular weight is 283 g/mol. The molecule has 6 heteroatoms. The molecule has 1 heterocycles. The predicted molar refractivity (Wildman–Crippen MR) is 76.5 cm³/mol. The number of benzene rings is 1. The van der Waals surface area contributed by atoms with E-state index in [9.17, 15) is 8.42 Å². The van der Waals surface area contributed by atoms with Crippen molar-refractivity contribution >= 4 is 15.7 Å². The number of para-hydroxylation sites is 1. The third-order valence-corrected chi connectivity index (χ3v) is 4.43. The molecule has 1 saturated heterocycles. The van der Waals surface area contributed by atoms with Gasteiger partial charge < -0.3 is 10.6 Å². The van der Waals surface area contributed by atoms with Crippen molar-refractivity contribution in [1.82, 2.24) is 5.32 Å². The van der Waals surface area contributed by atoms with Gasteiger partial charge in [0.1, 0.15) is 4.90 Å². The standard InChI is InChI=1S/C13H21N3O2S/c14-19(17,18)13-6-2-1-5-12(13)16-9-7-11-4-3-8-15-10-11/h1-2,5-6,11,15-16H,3-4,7-10H2,(H2,14,17,18). The third kappa shape index (κ3) is 4.19. The summed E-state index contributed by atoms with van der Waals surface area (Å²) >= 11 is 0. The molecule has 19 heavy (non-hydrogen) atoms. The van der Waals surface area contributed by atoms with Gasteiger partial charge in [-0.1, -0.05) is 12.1 Å². The maximum Gasteiger partial charge on any atom is 0.240 e. The summed E-state index contributed by atoms with van der Waals surface area (Å²) in [5.74, 6) is 0.669. The molecule has 1 aliphatic heterocycles. The highest BCUT2D eigenvalue weighted by Gasteiger charge is 2.15. The molecule has 1 aliphatic rings. The lowest BCUT2D eigenvalue weighted by molar-refractivity contribution is 0.364. The molecule has 4 N–H and O–H groups in total. The van der Waals surface area contributed by atoms with Gasteiger partial charge >= 0.3 is 0 Å². The molecular weight excluding hydrogens is 262 g/mol. The van der Waals surface area contributed by atoms with Gasteiger partial charge in [0.2, 0.25) is 10.0 Å². The number of sulfonamides is 1. The Morgan fingerprint density at radius 3 is 2.84 bits per heavy atom. The fourth-order valence-electron chi connectivity index (χ4n) is 2.44. The zero-order valence-corrected chi connectivity index (χ0v) is 11.7. The number of hydrogen-bond acceptors (Lipinski definition) is 4. The molecule has 0 saturated carbocycles. The van der Waals surface area contributed by atoms with Crippen molar-refractivity contribution in [2.24, 2.45) is 11.1 Å². The van der Waals surface area contributed by atoms with E-state index in [0.29, 0.717) is 11.6 Å². The van der Waals surface area contributed by atoms with Crippen LogP contribution in [0.5, 0.6) is 0 Å². The topological polar surface area (TPSA) is 84.2 Å². The molecular formula is C13H21N3O2S. The highest BCUT2D eigenvalue weighted by Crippen LogP contribution is 2.20. The smallest absolute Gasteiger partial charge is 0.240 e. The minimum Gasteiger partial charge on any atom is -0.384 e. The van der Waals surface area contributed by atoms with Crippen LogP contribution in [0.3, 0.4) is 0 Å². The van der Waals surface area contributed by atoms with E-state index in [0.717, 1.165) is 26.1 Å². The van der Waals surface area contributed by atoms with Gasteiger partial charge in [0.15, 0.2) is 0 Å². The first-order valence-electron chi connectivity index (χ1n) is 6.64. The molecule has 1 aromatic rings. The van der Waals surface area contributed by atoms with Crippen molar-refractivity contribution < 1.29 is 8.42 Å². The molecule has 0 radical (unpaired) electrons. The lowest BCUT2D eigenvalue weighted by Gasteiger charge is -2.23. The normalized spacial score (nSPS) is 20.2. The molecule has 0 amide bonds. The third-order valence-electron chi connectivity index (χ3n) is 3.46. The highest BCUT2D eigenvalue weighted by molar-refractivity contribution is 7.89. The summed E-state index contributed by atoms with van der Waals surface area (Å²) in [6.45, 7) is 2.93. The summed E-state index contributed by atoms with van der Waals surface area (Å²) in [5, 5.41) is 11.7. The molecule has 0 aromatic heterocycles. The van der Waals surface area contributed by atoms with E-state index < -0.39 is 10.0 Å². The minimum absolute atomic E-state index is 0.164. The van der Waals surface area contributed by atoms with Gasteiger partial charge in [-0.25, -0.2) is 13.6 Å². The first-order valence-corrected chi connectivity index (χ1v) is 8.18. The Bertz CT molecular complexity index is 510. The first-order chi connectivity index (χ1) is 9.07. The Kier molecular flexibility index (Phi) is 4.79. The van der Waals surface area contributed by atoms with Gasteiger partial charge in [-0.05, 0) is 50.4 Å². The number of anilines is 1. The van der Waals surface area contributed by atoms with Crippen LogP contribution >= 0.6 is 0 Å². The van der Waals surface area contributed by atoms with Gasteiger partial charge in [-0.2, -0.15) is 0 Å². The monoisotopic (exact) mass is 283 g/mol. The maximum absolute atomic E-state index is 11.4. The number of piperidine rings is 1. The van der Waals surface area contributed by atoms with Crippen LogP contribution in [0, 0.1) is 5.92 Å². The second-order valence-corrected chi connectivity index (χ2v) is 6.50. The van der Waals surface area contributed by atoms with Crippen LogP contribution < -0.4 is 15.8 Å². The lowest BCUT2D eigenvalue weighted by atomic mass is 9.96. The van der Waals surface area contributed by atoms with Crippen LogP contribution in [0.1, 0.15) is 19.3 Å². The summed E-state index contributed by atoms with van der Waals surface area (Å²) in [6.07, 6.45) is 3.50. The van der Waals surface area contributed by atoms with Crippen molar-refractivity contribution in [3.8, 4) is 0 Å². The van der Waals surface area contributed by atoms with E-state index in [1.165, 1.54) is 18.9 Å². The average Bonchev–Trinajstić information content (AvgIpc) is 2.39. The maximum atomic E-state index is 11.4. The molecule has 2 rings (SSSR count). The largest absolute Gasteiger partial charge is 0.384 e. The SMILES string of the molecule is NS(=O)(=O)c1ccccc1NCCC1CCCNC1. The van der Waals surface area contributed by atoms with Gasteiger partial charge in [0.25, 0.3) is 0 Å². The molecule has 1 atom stereocenters. The van der Waals surface area contributed by atoms with Crippen molar-refractivity contribution in [3.63, 3.8) is 0 Å². The zero-order valence-electron chi connectivity index (χ0n) is 10.9. The van der Waals surface area contributed by atoms with Crippen LogP contribution in [0.15, 0.2) is 29.2 Å². The van der Waals surface area contributed by atoms with Crippen molar-refractivity contribution in [2.75, 3.05) is 25.0 Å². The fraction of sp³-hybridized carbons (Fsp3) is 0.538. The van der Waals surface area contributed by atoms with Crippen molar-refractivity contribution in [3.05, 3.63) is 24.3 Å². The first kappa shape index (κ1) is 14.3. The number of nitrogens with one attached hydrogen (secondary N) is 2. The Labute approximate surface area is 114 Å². The number of hydrogen-bond donors (Lipinski definition) is 3. The van der Waals surface area contributed by atoms with Crippen LogP contribution in [0.2, 0.25) is 0 Å². The second kappa shape index (κ2) is 6.36. The van der Waals surface area contributed by atoms with E-state index >= 15 is 0 Å². The lowest BCUT2D eigenvalue weighted by Crippen LogP contribution is -2.30. The molecule has 0 spiro atoms. The van der Waals surface area contributed by atoms with Crippen molar-refractivity contribution in [2.45, 2.75) is 24.2 Å². The molecule has 5 nitrogen and oxygen atoms in total. The van der Waals surface area contributed by atoms with E-state index in [2.05, 4.69) is 10.6 Å². The number of rotatable bonds is 5. The molecule has 0 aliphatic carbocycles. The number of nitrogens with two attached hydrogens (primary N) is 1. The summed E-state index contributed by atoms with van der Waals surface area (Å²) in [7, 11) is -3.66. The van der Waals surface area contributed by atoms with Crippen LogP contribution in [0.4, 0.5) is 5.69 Å². The summed E-state index contributed by atoms with van der Waals surface area (Å²) in [4.78, 5) is 0.164. The van der Waals surface area contributed by atoms with Crippen LogP contribution in [0.25, 0.3) is 0 Å². The second-order valence-electron chi connectivity index (χ2n) is 4.97. The molecule has 1 unspecified atom stereocenters. The molecule has 106 valence electrons. The molecule has 1 aromatic carbocycles. The van der Waals surface area contributed by atoms with E-state index in [1.807, 2.05) is 0 Å². The van der Waals surface area contributed by atoms with Crippen LogP contribution in [-0.4, -0.2) is 28.1 Å². The van der Waals surface area contributed by atoms with E-state index in [4.69, 9.17) is 5.14 Å². The van der Waals surface area contributed by atoms with Gasteiger partial charge in [-0.3, -0.25) is 0 Å². The van der Waals surface area contributed by atoms with E-state index in [-0.39, 0.29) is 4.90 Å². The van der Waals surface area contributed by atoms with Gasteiger partial charge in [0, 0.05) is 6.54 Å². The highest BCUT2D eigenvalue weighted by atomic mass is 32.2. The summed E-state index contributed by atoms with van der Waals surface area (Å²) in [5.41, 5.74) is 0.591. The van der Waals surface area contributed by atoms with Crippen LogP contribution in [-0.2, 0) is 10.0 Å². The molecule has 1 fully saturated rings.